The lowest BCUT2D eigenvalue weighted by Gasteiger charge is -2.15. The molecule has 0 aliphatic carbocycles. The Kier molecular flexibility index (Phi) is 4.81. The van der Waals surface area contributed by atoms with E-state index in [1.807, 2.05) is 0 Å². The number of amides is 1. The van der Waals surface area contributed by atoms with E-state index in [1.54, 1.807) is 24.3 Å². The minimum Gasteiger partial charge on any atom is -0.364 e. The number of carbonyl (C=O) groups excluding carboxylic acids is 1. The van der Waals surface area contributed by atoms with Gasteiger partial charge in [-0.05, 0) is 25.0 Å². The fraction of sp³-hybridized carbons (Fsp3) is 0.462. The molecular formula is C13H19N3O4S. The third kappa shape index (κ3) is 4.42. The fourth-order valence-corrected chi connectivity index (χ4v) is 2.74. The van der Waals surface area contributed by atoms with Crippen LogP contribution in [0.1, 0.15) is 12.8 Å². The molecule has 0 unspecified atom stereocenters. The van der Waals surface area contributed by atoms with Crippen molar-refractivity contribution in [3.8, 4) is 0 Å². The number of hydrogen-bond acceptors (Lipinski definition) is 5. The van der Waals surface area contributed by atoms with Crippen LogP contribution in [0.3, 0.4) is 0 Å². The van der Waals surface area contributed by atoms with Gasteiger partial charge in [0, 0.05) is 6.54 Å². The van der Waals surface area contributed by atoms with Crippen molar-refractivity contribution in [1.82, 2.24) is 0 Å². The van der Waals surface area contributed by atoms with Gasteiger partial charge < -0.3 is 15.8 Å². The summed E-state index contributed by atoms with van der Waals surface area (Å²) in [6.07, 6.45) is 1.76. The minimum absolute atomic E-state index is 0.0925. The van der Waals surface area contributed by atoms with Gasteiger partial charge in [0.15, 0.2) is 0 Å². The molecule has 7 nitrogen and oxygen atoms in total. The summed E-state index contributed by atoms with van der Waals surface area (Å²) in [7, 11) is -3.42. The number of sulfonamides is 1. The van der Waals surface area contributed by atoms with Crippen molar-refractivity contribution < 1.29 is 17.9 Å². The quantitative estimate of drug-likeness (QED) is 0.733. The number of ether oxygens (including phenoxy) is 1. The lowest BCUT2D eigenvalue weighted by molar-refractivity contribution is -0.126. The average molecular weight is 313 g/mol. The number of para-hydroxylation sites is 2. The highest BCUT2D eigenvalue weighted by molar-refractivity contribution is 7.92. The van der Waals surface area contributed by atoms with Crippen LogP contribution in [0.25, 0.3) is 0 Å². The normalized spacial score (nSPS) is 22.0. The van der Waals surface area contributed by atoms with Gasteiger partial charge in [-0.2, -0.15) is 0 Å². The maximum Gasteiger partial charge on any atom is 0.253 e. The van der Waals surface area contributed by atoms with Gasteiger partial charge in [0.1, 0.15) is 6.10 Å². The van der Waals surface area contributed by atoms with Gasteiger partial charge in [0.25, 0.3) is 5.91 Å². The lowest BCUT2D eigenvalue weighted by atomic mass is 10.2. The Bertz CT molecular complexity index is 618. The number of nitrogens with two attached hydrogens (primary N) is 1. The van der Waals surface area contributed by atoms with E-state index in [1.165, 1.54) is 0 Å². The van der Waals surface area contributed by atoms with Crippen LogP contribution in [0, 0.1) is 0 Å². The minimum atomic E-state index is -3.42. The smallest absolute Gasteiger partial charge is 0.253 e. The van der Waals surface area contributed by atoms with Crippen molar-refractivity contribution in [2.24, 2.45) is 5.73 Å². The summed E-state index contributed by atoms with van der Waals surface area (Å²) < 4.78 is 30.5. The molecule has 1 fully saturated rings. The van der Waals surface area contributed by atoms with Gasteiger partial charge in [0.05, 0.1) is 23.7 Å². The summed E-state index contributed by atoms with van der Waals surface area (Å²) >= 11 is 0. The second kappa shape index (κ2) is 6.42. The van der Waals surface area contributed by atoms with Gasteiger partial charge in [-0.3, -0.25) is 9.52 Å². The summed E-state index contributed by atoms with van der Waals surface area (Å²) in [5.74, 6) is -0.297. The number of hydrogen-bond donors (Lipinski definition) is 3. The predicted molar refractivity (Wildman–Crippen MR) is 80.5 cm³/mol. The summed E-state index contributed by atoms with van der Waals surface area (Å²) in [5.41, 5.74) is 6.23. The van der Waals surface area contributed by atoms with E-state index < -0.39 is 16.1 Å². The molecule has 0 aromatic heterocycles. The molecule has 21 heavy (non-hydrogen) atoms. The Hall–Kier alpha value is -1.64. The van der Waals surface area contributed by atoms with Crippen LogP contribution in [-0.2, 0) is 19.6 Å². The molecule has 1 aromatic rings. The molecule has 0 bridgehead atoms. The van der Waals surface area contributed by atoms with E-state index >= 15 is 0 Å². The first-order valence-corrected chi connectivity index (χ1v) is 8.51. The van der Waals surface area contributed by atoms with Crippen LogP contribution >= 0.6 is 0 Å². The second-order valence-electron chi connectivity index (χ2n) is 4.97. The van der Waals surface area contributed by atoms with Crippen molar-refractivity contribution in [2.45, 2.75) is 25.0 Å². The fourth-order valence-electron chi connectivity index (χ4n) is 2.17. The third-order valence-electron chi connectivity index (χ3n) is 3.14. The summed E-state index contributed by atoms with van der Waals surface area (Å²) in [6.45, 7) is 0.385. The van der Waals surface area contributed by atoms with Gasteiger partial charge in [0.2, 0.25) is 10.0 Å². The first-order valence-electron chi connectivity index (χ1n) is 6.62. The number of rotatable bonds is 5. The van der Waals surface area contributed by atoms with Crippen LogP contribution < -0.4 is 15.8 Å². The van der Waals surface area contributed by atoms with Crippen LogP contribution in [0.5, 0.6) is 0 Å². The van der Waals surface area contributed by atoms with Gasteiger partial charge in [-0.25, -0.2) is 8.42 Å². The Balaban J connectivity index is 2.08. The molecule has 4 N–H and O–H groups in total. The van der Waals surface area contributed by atoms with Gasteiger partial charge in [-0.15, -0.1) is 0 Å². The molecule has 1 aromatic carbocycles. The molecule has 0 saturated carbocycles. The SMILES string of the molecule is CS(=O)(=O)Nc1ccccc1NC(=O)[C@@H]1CC[C@H](CN)O1. The Morgan fingerprint density at radius 1 is 1.33 bits per heavy atom. The maximum absolute atomic E-state index is 12.1. The van der Waals surface area contributed by atoms with Crippen LogP contribution in [0.4, 0.5) is 11.4 Å². The monoisotopic (exact) mass is 313 g/mol. The van der Waals surface area contributed by atoms with E-state index in [-0.39, 0.29) is 12.0 Å². The molecule has 1 aliphatic rings. The Morgan fingerprint density at radius 2 is 2.00 bits per heavy atom. The molecule has 2 atom stereocenters. The Labute approximate surface area is 123 Å². The van der Waals surface area contributed by atoms with E-state index in [9.17, 15) is 13.2 Å². The van der Waals surface area contributed by atoms with E-state index in [4.69, 9.17) is 10.5 Å². The zero-order valence-electron chi connectivity index (χ0n) is 11.7. The van der Waals surface area contributed by atoms with Crippen molar-refractivity contribution in [2.75, 3.05) is 22.8 Å². The molecule has 2 rings (SSSR count). The molecule has 1 amide bonds. The van der Waals surface area contributed by atoms with E-state index in [2.05, 4.69) is 10.0 Å². The van der Waals surface area contributed by atoms with Crippen LogP contribution in [0.2, 0.25) is 0 Å². The summed E-state index contributed by atoms with van der Waals surface area (Å²) in [6, 6.07) is 6.59. The molecule has 1 heterocycles. The summed E-state index contributed by atoms with van der Waals surface area (Å²) in [5, 5.41) is 2.69. The average Bonchev–Trinajstić information content (AvgIpc) is 2.88. The van der Waals surface area contributed by atoms with Crippen molar-refractivity contribution in [3.63, 3.8) is 0 Å². The molecule has 8 heteroatoms. The van der Waals surface area contributed by atoms with Crippen molar-refractivity contribution in [1.29, 1.82) is 0 Å². The zero-order valence-corrected chi connectivity index (χ0v) is 12.5. The predicted octanol–water partition coefficient (Wildman–Crippen LogP) is 0.503. The van der Waals surface area contributed by atoms with Crippen molar-refractivity contribution in [3.05, 3.63) is 24.3 Å². The third-order valence-corrected chi connectivity index (χ3v) is 3.73. The van der Waals surface area contributed by atoms with Crippen LogP contribution in [-0.4, -0.2) is 39.3 Å². The molecule has 116 valence electrons. The number of nitrogens with one attached hydrogen (secondary N) is 2. The number of benzene rings is 1. The first-order chi connectivity index (χ1) is 9.89. The highest BCUT2D eigenvalue weighted by Gasteiger charge is 2.30. The number of anilines is 2. The molecule has 0 spiro atoms. The molecule has 1 aliphatic heterocycles. The topological polar surface area (TPSA) is 111 Å². The van der Waals surface area contributed by atoms with Gasteiger partial charge in [-0.1, -0.05) is 12.1 Å². The van der Waals surface area contributed by atoms with Crippen molar-refractivity contribution >= 4 is 27.3 Å². The van der Waals surface area contributed by atoms with Gasteiger partial charge >= 0.3 is 0 Å². The Morgan fingerprint density at radius 3 is 2.57 bits per heavy atom. The standard InChI is InChI=1S/C13H19N3O4S/c1-21(18,19)16-11-5-3-2-4-10(11)15-13(17)12-7-6-9(8-14)20-12/h2-5,9,12,16H,6-8,14H2,1H3,(H,15,17)/t9-,12+/m1/s1. The van der Waals surface area contributed by atoms with E-state index in [0.29, 0.717) is 24.3 Å². The van der Waals surface area contributed by atoms with E-state index in [0.717, 1.165) is 12.7 Å². The maximum atomic E-state index is 12.1. The largest absolute Gasteiger partial charge is 0.364 e. The van der Waals surface area contributed by atoms with Crippen LogP contribution in [0.15, 0.2) is 24.3 Å². The number of carbonyl (C=O) groups is 1. The molecule has 1 saturated heterocycles. The highest BCUT2D eigenvalue weighted by Crippen LogP contribution is 2.25. The zero-order chi connectivity index (χ0) is 15.5. The lowest BCUT2D eigenvalue weighted by Crippen LogP contribution is -2.30. The first kappa shape index (κ1) is 15.7. The highest BCUT2D eigenvalue weighted by atomic mass is 32.2. The summed E-state index contributed by atoms with van der Waals surface area (Å²) in [4.78, 5) is 12.1. The molecular weight excluding hydrogens is 294 g/mol. The molecule has 0 radical (unpaired) electrons. The second-order valence-corrected chi connectivity index (χ2v) is 6.72.